The van der Waals surface area contributed by atoms with Gasteiger partial charge >= 0.3 is 5.97 Å². The van der Waals surface area contributed by atoms with E-state index in [1.165, 1.54) is 4.90 Å². The quantitative estimate of drug-likeness (QED) is 0.655. The van der Waals surface area contributed by atoms with E-state index in [9.17, 15) is 9.59 Å². The number of ether oxygens (including phenoxy) is 2. The molecule has 0 saturated heterocycles. The Morgan fingerprint density at radius 3 is 2.59 bits per heavy atom. The first-order chi connectivity index (χ1) is 12.9. The SMILES string of the molecule is CCOC(=O)CN(C)C(=O)C1(CCC(C)C)C(OC)=CCc2ccccc21. The van der Waals surface area contributed by atoms with Gasteiger partial charge in [0.15, 0.2) is 0 Å². The van der Waals surface area contributed by atoms with Gasteiger partial charge in [-0.1, -0.05) is 38.1 Å². The second-order valence-corrected chi connectivity index (χ2v) is 7.44. The lowest BCUT2D eigenvalue weighted by Gasteiger charge is -2.40. The minimum Gasteiger partial charge on any atom is -0.500 e. The molecule has 0 radical (unpaired) electrons. The van der Waals surface area contributed by atoms with Crippen molar-refractivity contribution in [2.75, 3.05) is 27.3 Å². The first kappa shape index (κ1) is 21.0. The number of hydrogen-bond acceptors (Lipinski definition) is 4. The van der Waals surface area contributed by atoms with Crippen molar-refractivity contribution in [2.45, 2.75) is 45.4 Å². The maximum Gasteiger partial charge on any atom is 0.325 e. The topological polar surface area (TPSA) is 55.8 Å². The minimum absolute atomic E-state index is 0.0741. The van der Waals surface area contributed by atoms with Gasteiger partial charge in [-0.2, -0.15) is 0 Å². The van der Waals surface area contributed by atoms with Crippen LogP contribution in [-0.4, -0.2) is 44.1 Å². The highest BCUT2D eigenvalue weighted by atomic mass is 16.5. The molecule has 1 aliphatic rings. The summed E-state index contributed by atoms with van der Waals surface area (Å²) < 4.78 is 10.7. The average molecular weight is 373 g/mol. The van der Waals surface area contributed by atoms with Gasteiger partial charge in [-0.05, 0) is 49.3 Å². The second-order valence-electron chi connectivity index (χ2n) is 7.44. The molecule has 0 spiro atoms. The fraction of sp³-hybridized carbons (Fsp3) is 0.545. The van der Waals surface area contributed by atoms with Gasteiger partial charge in [0.1, 0.15) is 17.7 Å². The van der Waals surface area contributed by atoms with E-state index in [0.717, 1.165) is 24.0 Å². The van der Waals surface area contributed by atoms with E-state index in [-0.39, 0.29) is 12.5 Å². The second kappa shape index (κ2) is 9.07. The van der Waals surface area contributed by atoms with Crippen molar-refractivity contribution in [3.8, 4) is 0 Å². The van der Waals surface area contributed by atoms with E-state index in [1.54, 1.807) is 21.1 Å². The summed E-state index contributed by atoms with van der Waals surface area (Å²) in [6.07, 6.45) is 4.23. The fourth-order valence-corrected chi connectivity index (χ4v) is 3.77. The van der Waals surface area contributed by atoms with Crippen LogP contribution in [-0.2, 0) is 30.9 Å². The Kier molecular flexibility index (Phi) is 7.05. The van der Waals surface area contributed by atoms with Crippen molar-refractivity contribution >= 4 is 11.9 Å². The Hall–Kier alpha value is -2.30. The lowest BCUT2D eigenvalue weighted by Crippen LogP contribution is -2.50. The van der Waals surface area contributed by atoms with Gasteiger partial charge in [-0.3, -0.25) is 9.59 Å². The summed E-state index contributed by atoms with van der Waals surface area (Å²) in [7, 11) is 3.27. The molecule has 0 heterocycles. The molecule has 1 unspecified atom stereocenters. The number of nitrogens with zero attached hydrogens (tertiary/aromatic N) is 1. The molecule has 0 saturated carbocycles. The maximum absolute atomic E-state index is 13.7. The van der Waals surface area contributed by atoms with E-state index in [1.807, 2.05) is 24.3 Å². The molecule has 148 valence electrons. The minimum atomic E-state index is -0.908. The molecule has 0 bridgehead atoms. The zero-order chi connectivity index (χ0) is 20.0. The Bertz CT molecular complexity index is 710. The third kappa shape index (κ3) is 4.34. The molecule has 1 aromatic rings. The molecule has 1 atom stereocenters. The van der Waals surface area contributed by atoms with Crippen LogP contribution in [0.5, 0.6) is 0 Å². The first-order valence-electron chi connectivity index (χ1n) is 9.61. The van der Waals surface area contributed by atoms with Crippen LogP contribution in [0.4, 0.5) is 0 Å². The standard InChI is InChI=1S/C22H31NO4/c1-6-27-20(24)15-23(4)21(25)22(14-13-16(2)3)18-10-8-7-9-17(18)11-12-19(22)26-5/h7-10,12,16H,6,11,13-15H2,1-5H3. The zero-order valence-corrected chi connectivity index (χ0v) is 17.1. The molecule has 27 heavy (non-hydrogen) atoms. The predicted molar refractivity (Wildman–Crippen MR) is 105 cm³/mol. The van der Waals surface area contributed by atoms with Crippen molar-refractivity contribution in [1.29, 1.82) is 0 Å². The molecule has 0 aromatic heterocycles. The van der Waals surface area contributed by atoms with Gasteiger partial charge in [0.25, 0.3) is 0 Å². The number of amides is 1. The summed E-state index contributed by atoms with van der Waals surface area (Å²) in [5.41, 5.74) is 1.19. The molecule has 1 aromatic carbocycles. The van der Waals surface area contributed by atoms with E-state index in [4.69, 9.17) is 9.47 Å². The highest BCUT2D eigenvalue weighted by Crippen LogP contribution is 2.44. The number of methoxy groups -OCH3 is 1. The summed E-state index contributed by atoms with van der Waals surface area (Å²) in [6.45, 7) is 6.27. The molecule has 0 N–H and O–H groups in total. The zero-order valence-electron chi connectivity index (χ0n) is 17.1. The van der Waals surface area contributed by atoms with Crippen LogP contribution in [0.15, 0.2) is 36.1 Å². The van der Waals surface area contributed by atoms with Crippen LogP contribution < -0.4 is 0 Å². The molecular formula is C22H31NO4. The van der Waals surface area contributed by atoms with Crippen LogP contribution in [0, 0.1) is 5.92 Å². The number of carbonyl (C=O) groups excluding carboxylic acids is 2. The first-order valence-corrected chi connectivity index (χ1v) is 9.61. The molecule has 5 heteroatoms. The molecule has 0 aliphatic heterocycles. The predicted octanol–water partition coefficient (Wildman–Crippen LogP) is 3.47. The van der Waals surface area contributed by atoms with Crippen LogP contribution in [0.3, 0.4) is 0 Å². The number of rotatable bonds is 8. The molecule has 1 amide bonds. The number of hydrogen-bond donors (Lipinski definition) is 0. The van der Waals surface area contributed by atoms with Crippen molar-refractivity contribution in [3.63, 3.8) is 0 Å². The van der Waals surface area contributed by atoms with Gasteiger partial charge < -0.3 is 14.4 Å². The van der Waals surface area contributed by atoms with Crippen LogP contribution >= 0.6 is 0 Å². The molecular weight excluding hydrogens is 342 g/mol. The average Bonchev–Trinajstić information content (AvgIpc) is 2.65. The summed E-state index contributed by atoms with van der Waals surface area (Å²) in [6, 6.07) is 8.02. The van der Waals surface area contributed by atoms with E-state index in [0.29, 0.717) is 24.7 Å². The highest BCUT2D eigenvalue weighted by molar-refractivity contribution is 5.94. The van der Waals surface area contributed by atoms with Crippen LogP contribution in [0.25, 0.3) is 0 Å². The fourth-order valence-electron chi connectivity index (χ4n) is 3.77. The number of carbonyl (C=O) groups is 2. The van der Waals surface area contributed by atoms with Gasteiger partial charge in [0.2, 0.25) is 5.91 Å². The Morgan fingerprint density at radius 1 is 1.26 bits per heavy atom. The van der Waals surface area contributed by atoms with Crippen molar-refractivity contribution < 1.29 is 19.1 Å². The summed E-state index contributed by atoms with van der Waals surface area (Å²) in [5.74, 6) is 0.579. The Morgan fingerprint density at radius 2 is 1.96 bits per heavy atom. The smallest absolute Gasteiger partial charge is 0.325 e. The summed E-state index contributed by atoms with van der Waals surface area (Å²) in [5, 5.41) is 0. The lowest BCUT2D eigenvalue weighted by atomic mass is 9.68. The van der Waals surface area contributed by atoms with Gasteiger partial charge in [-0.25, -0.2) is 0 Å². The third-order valence-electron chi connectivity index (χ3n) is 5.11. The van der Waals surface area contributed by atoms with Crippen LogP contribution in [0.2, 0.25) is 0 Å². The number of benzene rings is 1. The normalized spacial score (nSPS) is 18.5. The molecule has 2 rings (SSSR count). The van der Waals surface area contributed by atoms with Crippen LogP contribution in [0.1, 0.15) is 44.7 Å². The number of esters is 1. The van der Waals surface area contributed by atoms with E-state index >= 15 is 0 Å². The van der Waals surface area contributed by atoms with Gasteiger partial charge in [-0.15, -0.1) is 0 Å². The van der Waals surface area contributed by atoms with E-state index in [2.05, 4.69) is 19.9 Å². The Labute approximate surface area is 162 Å². The Balaban J connectivity index is 2.50. The number of allylic oxidation sites excluding steroid dienone is 1. The molecule has 0 fully saturated rings. The van der Waals surface area contributed by atoms with Crippen molar-refractivity contribution in [3.05, 3.63) is 47.2 Å². The van der Waals surface area contributed by atoms with Crippen molar-refractivity contribution in [1.82, 2.24) is 4.90 Å². The molecule has 5 nitrogen and oxygen atoms in total. The van der Waals surface area contributed by atoms with Gasteiger partial charge in [0, 0.05) is 7.05 Å². The maximum atomic E-state index is 13.7. The number of fused-ring (bicyclic) bond motifs is 1. The third-order valence-corrected chi connectivity index (χ3v) is 5.11. The molecule has 1 aliphatic carbocycles. The number of likely N-dealkylation sites (N-methyl/N-ethyl adjacent to an activating group) is 1. The van der Waals surface area contributed by atoms with Gasteiger partial charge in [0.05, 0.1) is 13.7 Å². The lowest BCUT2D eigenvalue weighted by molar-refractivity contribution is -0.150. The summed E-state index contributed by atoms with van der Waals surface area (Å²) in [4.78, 5) is 27.1. The van der Waals surface area contributed by atoms with E-state index < -0.39 is 11.4 Å². The largest absolute Gasteiger partial charge is 0.500 e. The monoisotopic (exact) mass is 373 g/mol. The van der Waals surface area contributed by atoms with Crippen molar-refractivity contribution in [2.24, 2.45) is 5.92 Å². The highest BCUT2D eigenvalue weighted by Gasteiger charge is 2.49. The summed E-state index contributed by atoms with van der Waals surface area (Å²) >= 11 is 0.